The number of rotatable bonds is 13. The molecule has 0 aliphatic heterocycles. The summed E-state index contributed by atoms with van der Waals surface area (Å²) < 4.78 is 33.2. The summed E-state index contributed by atoms with van der Waals surface area (Å²) in [6.45, 7) is 6.73. The predicted molar refractivity (Wildman–Crippen MR) is 115 cm³/mol. The summed E-state index contributed by atoms with van der Waals surface area (Å²) in [7, 11) is -4.40. The Bertz CT molecular complexity index is 769. The molecule has 1 rings (SSSR count). The van der Waals surface area contributed by atoms with Crippen LogP contribution >= 0.6 is 0 Å². The molecule has 0 heterocycles. The zero-order valence-electron chi connectivity index (χ0n) is 18.3. The molecule has 0 aliphatic rings. The van der Waals surface area contributed by atoms with Crippen molar-refractivity contribution in [3.05, 3.63) is 35.9 Å². The Morgan fingerprint density at radius 2 is 1.77 bits per heavy atom. The molecule has 0 aliphatic carbocycles. The smallest absolute Gasteiger partial charge is 0.410 e. The van der Waals surface area contributed by atoms with Crippen molar-refractivity contribution in [1.29, 1.82) is 0 Å². The van der Waals surface area contributed by atoms with Crippen LogP contribution in [0.3, 0.4) is 0 Å². The van der Waals surface area contributed by atoms with E-state index in [0.29, 0.717) is 18.4 Å². The Morgan fingerprint density at radius 1 is 1.13 bits per heavy atom. The van der Waals surface area contributed by atoms with Crippen LogP contribution in [0.4, 0.5) is 4.79 Å². The molecular formula is C21H34N2O6S. The summed E-state index contributed by atoms with van der Waals surface area (Å²) >= 11 is 0. The number of ether oxygens (including phenoxy) is 1. The summed E-state index contributed by atoms with van der Waals surface area (Å²) in [6, 6.07) is 8.89. The van der Waals surface area contributed by atoms with Crippen LogP contribution < -0.4 is 0 Å². The second kappa shape index (κ2) is 12.5. The highest BCUT2D eigenvalue weighted by molar-refractivity contribution is 7.90. The van der Waals surface area contributed by atoms with Crippen LogP contribution in [0.5, 0.6) is 0 Å². The van der Waals surface area contributed by atoms with Crippen molar-refractivity contribution in [3.63, 3.8) is 0 Å². The van der Waals surface area contributed by atoms with Gasteiger partial charge in [-0.15, -0.1) is 0 Å². The molecule has 0 spiro atoms. The second-order valence-electron chi connectivity index (χ2n) is 7.40. The molecule has 0 bridgehead atoms. The van der Waals surface area contributed by atoms with Gasteiger partial charge in [-0.25, -0.2) is 17.5 Å². The third-order valence-corrected chi connectivity index (χ3v) is 6.77. The van der Waals surface area contributed by atoms with E-state index in [1.54, 1.807) is 24.3 Å². The van der Waals surface area contributed by atoms with Gasteiger partial charge in [-0.3, -0.25) is 9.69 Å². The van der Waals surface area contributed by atoms with Crippen LogP contribution in [0, 0.1) is 5.92 Å². The first-order valence-corrected chi connectivity index (χ1v) is 11.8. The third-order valence-electron chi connectivity index (χ3n) is 4.82. The maximum absolute atomic E-state index is 13.4. The van der Waals surface area contributed by atoms with Crippen molar-refractivity contribution in [2.45, 2.75) is 65.5 Å². The Labute approximate surface area is 179 Å². The monoisotopic (exact) mass is 442 g/mol. The van der Waals surface area contributed by atoms with Gasteiger partial charge < -0.3 is 9.84 Å². The molecule has 2 amide bonds. The number of hydrogen-bond donors (Lipinski definition) is 1. The van der Waals surface area contributed by atoms with Crippen LogP contribution in [-0.4, -0.2) is 53.4 Å². The number of sulfonamides is 1. The number of carbonyl (C=O) groups is 2. The highest BCUT2D eigenvalue weighted by atomic mass is 32.2. The maximum Gasteiger partial charge on any atom is 0.410 e. The zero-order valence-corrected chi connectivity index (χ0v) is 19.1. The molecule has 30 heavy (non-hydrogen) atoms. The highest BCUT2D eigenvalue weighted by Gasteiger charge is 2.41. The lowest BCUT2D eigenvalue weighted by atomic mass is 10.1. The minimum Gasteiger partial charge on any atom is -0.465 e. The number of unbranched alkanes of at least 4 members (excludes halogenated alkanes) is 2. The van der Waals surface area contributed by atoms with Crippen LogP contribution in [0.15, 0.2) is 30.3 Å². The van der Waals surface area contributed by atoms with E-state index in [0.717, 1.165) is 29.0 Å². The van der Waals surface area contributed by atoms with Crippen LogP contribution in [0.1, 0.15) is 58.9 Å². The Kier molecular flexibility index (Phi) is 10.8. The quantitative estimate of drug-likeness (QED) is 0.367. The topological polar surface area (TPSA) is 104 Å². The molecule has 1 unspecified atom stereocenters. The molecule has 2 atom stereocenters. The summed E-state index contributed by atoms with van der Waals surface area (Å²) in [4.78, 5) is 24.9. The summed E-state index contributed by atoms with van der Waals surface area (Å²) in [5.74, 6) is -0.738. The number of carbonyl (C=O) groups excluding carboxylic acids is 1. The molecule has 0 saturated carbocycles. The Balaban J connectivity index is 3.28. The molecule has 1 aromatic carbocycles. The fraction of sp³-hybridized carbons (Fsp3) is 0.619. The third kappa shape index (κ3) is 7.60. The number of hydrogen-bond acceptors (Lipinski definition) is 5. The van der Waals surface area contributed by atoms with Gasteiger partial charge in [0, 0.05) is 20.0 Å². The maximum atomic E-state index is 13.4. The largest absolute Gasteiger partial charge is 0.465 e. The van der Waals surface area contributed by atoms with E-state index < -0.39 is 27.6 Å². The normalized spacial score (nSPS) is 13.5. The van der Waals surface area contributed by atoms with Crippen LogP contribution in [0.2, 0.25) is 0 Å². The van der Waals surface area contributed by atoms with E-state index in [1.807, 2.05) is 26.8 Å². The molecule has 170 valence electrons. The molecule has 1 aromatic rings. The molecule has 1 N–H and O–H groups in total. The molecule has 0 fully saturated rings. The summed E-state index contributed by atoms with van der Waals surface area (Å²) in [5, 5.41) is 9.76. The number of carboxylic acid groups (broad SMARTS) is 1. The van der Waals surface area contributed by atoms with Crippen molar-refractivity contribution in [2.24, 2.45) is 5.92 Å². The van der Waals surface area contributed by atoms with Gasteiger partial charge in [-0.2, -0.15) is 0 Å². The highest BCUT2D eigenvalue weighted by Crippen LogP contribution is 2.21. The molecule has 0 radical (unpaired) electrons. The fourth-order valence-corrected chi connectivity index (χ4v) is 4.57. The van der Waals surface area contributed by atoms with Crippen LogP contribution in [0.25, 0.3) is 0 Å². The number of benzene rings is 1. The van der Waals surface area contributed by atoms with E-state index in [9.17, 15) is 23.1 Å². The molecule has 8 nitrogen and oxygen atoms in total. The van der Waals surface area contributed by atoms with E-state index in [2.05, 4.69) is 0 Å². The van der Waals surface area contributed by atoms with Gasteiger partial charge in [0.05, 0.1) is 6.61 Å². The Morgan fingerprint density at radius 3 is 2.27 bits per heavy atom. The van der Waals surface area contributed by atoms with Gasteiger partial charge in [0.2, 0.25) is 5.91 Å². The first-order chi connectivity index (χ1) is 14.1. The molecular weight excluding hydrogens is 408 g/mol. The van der Waals surface area contributed by atoms with E-state index >= 15 is 0 Å². The van der Waals surface area contributed by atoms with Gasteiger partial charge >= 0.3 is 6.09 Å². The van der Waals surface area contributed by atoms with E-state index in [4.69, 9.17) is 4.74 Å². The first-order valence-electron chi connectivity index (χ1n) is 10.3. The SMILES string of the molecule is CCCCCN(C(C)=O)S(=O)(=O)[C@H](OCc1ccccc1)N(CC(C)CC)C(=O)O. The fourth-order valence-electron chi connectivity index (χ4n) is 2.88. The summed E-state index contributed by atoms with van der Waals surface area (Å²) in [5.41, 5.74) is -1.11. The van der Waals surface area contributed by atoms with Gasteiger partial charge in [-0.05, 0) is 17.9 Å². The van der Waals surface area contributed by atoms with Gasteiger partial charge in [0.15, 0.2) is 0 Å². The second-order valence-corrected chi connectivity index (χ2v) is 9.27. The lowest BCUT2D eigenvalue weighted by Crippen LogP contribution is -2.53. The summed E-state index contributed by atoms with van der Waals surface area (Å²) in [6.07, 6.45) is 1.37. The lowest BCUT2D eigenvalue weighted by Gasteiger charge is -2.34. The van der Waals surface area contributed by atoms with Crippen molar-refractivity contribution in [2.75, 3.05) is 13.1 Å². The average molecular weight is 443 g/mol. The lowest BCUT2D eigenvalue weighted by molar-refractivity contribution is -0.124. The Hall–Kier alpha value is -2.13. The minimum absolute atomic E-state index is 0.00645. The minimum atomic E-state index is -4.40. The van der Waals surface area contributed by atoms with Gasteiger partial charge in [0.1, 0.15) is 0 Å². The van der Waals surface area contributed by atoms with E-state index in [-0.39, 0.29) is 25.6 Å². The van der Waals surface area contributed by atoms with Crippen molar-refractivity contribution in [1.82, 2.24) is 9.21 Å². The van der Waals surface area contributed by atoms with Crippen molar-refractivity contribution in [3.8, 4) is 0 Å². The molecule has 0 saturated heterocycles. The van der Waals surface area contributed by atoms with E-state index in [1.165, 1.54) is 0 Å². The van der Waals surface area contributed by atoms with Crippen molar-refractivity contribution < 1.29 is 27.9 Å². The average Bonchev–Trinajstić information content (AvgIpc) is 2.70. The molecule has 9 heteroatoms. The predicted octanol–water partition coefficient (Wildman–Crippen LogP) is 3.88. The van der Waals surface area contributed by atoms with Gasteiger partial charge in [0.25, 0.3) is 15.6 Å². The molecule has 0 aromatic heterocycles. The van der Waals surface area contributed by atoms with Crippen LogP contribution in [-0.2, 0) is 26.2 Å². The van der Waals surface area contributed by atoms with Gasteiger partial charge in [-0.1, -0.05) is 70.4 Å². The first kappa shape index (κ1) is 25.9. The van der Waals surface area contributed by atoms with Crippen molar-refractivity contribution >= 4 is 22.0 Å². The standard InChI is InChI=1S/C21H34N2O6S/c1-5-7-11-14-23(18(4)24)30(27,28)21(22(20(25)26)15-17(3)6-2)29-16-19-12-9-8-10-13-19/h8-10,12-13,17,21H,5-7,11,14-16H2,1-4H3,(H,25,26)/t17?,21-/m0/s1. The zero-order chi connectivity index (χ0) is 22.7. The number of nitrogens with zero attached hydrogens (tertiary/aromatic N) is 2. The number of amides is 2.